The smallest absolute Gasteiger partial charge is 0.0166 e. The number of hydrogen-bond donors (Lipinski definition) is 0. The van der Waals surface area contributed by atoms with E-state index in [1.807, 2.05) is 0 Å². The van der Waals surface area contributed by atoms with Crippen molar-refractivity contribution in [3.8, 4) is 0 Å². The molecule has 0 N–H and O–H groups in total. The molecule has 0 aliphatic heterocycles. The molecule has 0 aromatic rings. The van der Waals surface area contributed by atoms with Gasteiger partial charge in [-0.25, -0.2) is 0 Å². The molecule has 1 saturated carbocycles. The summed E-state index contributed by atoms with van der Waals surface area (Å²) >= 11 is 2.59. The third-order valence-electron chi connectivity index (χ3n) is 2.97. The second kappa shape index (κ2) is 2.40. The molecule has 1 aliphatic carbocycles. The summed E-state index contributed by atoms with van der Waals surface area (Å²) in [5, 5.41) is 0. The molecule has 0 saturated heterocycles. The largest absolute Gasteiger partial charge is 0.0820 e. The fraction of sp³-hybridized carbons (Fsp3) is 1.00. The molecule has 9 heavy (non-hydrogen) atoms. The second-order valence-corrected chi connectivity index (χ2v) is 5.17. The topological polar surface area (TPSA) is 0 Å². The molecule has 0 heterocycles. The summed E-state index contributed by atoms with van der Waals surface area (Å²) in [5.74, 6) is 0.869. The van der Waals surface area contributed by atoms with Crippen LogP contribution in [0.15, 0.2) is 0 Å². The molecule has 0 aromatic carbocycles. The number of alkyl halides is 1. The van der Waals surface area contributed by atoms with Gasteiger partial charge >= 0.3 is 0 Å². The molecule has 0 bridgehead atoms. The average molecular weight is 238 g/mol. The minimum atomic E-state index is 0.667. The van der Waals surface area contributed by atoms with Crippen molar-refractivity contribution in [1.29, 1.82) is 0 Å². The summed E-state index contributed by atoms with van der Waals surface area (Å²) < 4.78 is 0.940. The Kier molecular flexibility index (Phi) is 2.09. The van der Waals surface area contributed by atoms with Gasteiger partial charge in [-0.3, -0.25) is 0 Å². The van der Waals surface area contributed by atoms with E-state index in [1.165, 1.54) is 12.8 Å². The molecule has 1 aliphatic rings. The molecule has 0 amide bonds. The molecule has 2 atom stereocenters. The summed E-state index contributed by atoms with van der Waals surface area (Å²) in [6, 6.07) is 0. The summed E-state index contributed by atoms with van der Waals surface area (Å²) in [5.41, 5.74) is 0.667. The van der Waals surface area contributed by atoms with Crippen LogP contribution >= 0.6 is 22.6 Å². The fourth-order valence-corrected chi connectivity index (χ4v) is 2.70. The van der Waals surface area contributed by atoms with Crippen molar-refractivity contribution in [2.75, 3.05) is 0 Å². The van der Waals surface area contributed by atoms with Crippen LogP contribution in [0.2, 0.25) is 0 Å². The standard InChI is InChI=1S/C8H15I/c1-6(2)8(3)5-4-7(8)9/h6-7H,4-5H2,1-3H3. The van der Waals surface area contributed by atoms with E-state index in [4.69, 9.17) is 0 Å². The second-order valence-electron chi connectivity index (χ2n) is 3.67. The molecule has 0 aromatic heterocycles. The van der Waals surface area contributed by atoms with Gasteiger partial charge in [0.2, 0.25) is 0 Å². The maximum Gasteiger partial charge on any atom is 0.0166 e. The van der Waals surface area contributed by atoms with Gasteiger partial charge in [0.05, 0.1) is 0 Å². The third kappa shape index (κ3) is 1.13. The van der Waals surface area contributed by atoms with Crippen molar-refractivity contribution in [3.05, 3.63) is 0 Å². The highest BCUT2D eigenvalue weighted by atomic mass is 127. The maximum atomic E-state index is 2.59. The van der Waals surface area contributed by atoms with Crippen LogP contribution in [0.4, 0.5) is 0 Å². The van der Waals surface area contributed by atoms with Crippen LogP contribution in [-0.2, 0) is 0 Å². The Bertz CT molecular complexity index is 102. The Morgan fingerprint density at radius 2 is 2.11 bits per heavy atom. The van der Waals surface area contributed by atoms with Gasteiger partial charge in [-0.2, -0.15) is 0 Å². The minimum absolute atomic E-state index is 0.667. The lowest BCUT2D eigenvalue weighted by Crippen LogP contribution is -2.42. The molecule has 54 valence electrons. The monoisotopic (exact) mass is 238 g/mol. The normalized spacial score (nSPS) is 43.0. The van der Waals surface area contributed by atoms with E-state index in [0.29, 0.717) is 5.41 Å². The summed E-state index contributed by atoms with van der Waals surface area (Å²) in [6.07, 6.45) is 2.88. The summed E-state index contributed by atoms with van der Waals surface area (Å²) in [7, 11) is 0. The molecule has 0 radical (unpaired) electrons. The first-order chi connectivity index (χ1) is 4.07. The SMILES string of the molecule is CC(C)C1(C)CCC1I. The van der Waals surface area contributed by atoms with Crippen molar-refractivity contribution in [3.63, 3.8) is 0 Å². The molecule has 2 unspecified atom stereocenters. The van der Waals surface area contributed by atoms with Gasteiger partial charge in [0.1, 0.15) is 0 Å². The van der Waals surface area contributed by atoms with Gasteiger partial charge in [-0.15, -0.1) is 0 Å². The highest BCUT2D eigenvalue weighted by molar-refractivity contribution is 14.1. The highest BCUT2D eigenvalue weighted by Gasteiger charge is 2.42. The molecular formula is C8H15I. The van der Waals surface area contributed by atoms with Crippen LogP contribution in [0.1, 0.15) is 33.6 Å². The number of hydrogen-bond acceptors (Lipinski definition) is 0. The lowest BCUT2D eigenvalue weighted by Gasteiger charge is -2.47. The van der Waals surface area contributed by atoms with Crippen molar-refractivity contribution in [2.24, 2.45) is 11.3 Å². The Labute approximate surface area is 71.5 Å². The average Bonchev–Trinajstić information content (AvgIpc) is 1.82. The quantitative estimate of drug-likeness (QED) is 0.486. The summed E-state index contributed by atoms with van der Waals surface area (Å²) in [4.78, 5) is 0. The van der Waals surface area contributed by atoms with E-state index in [1.54, 1.807) is 0 Å². The van der Waals surface area contributed by atoms with Crippen LogP contribution in [0.3, 0.4) is 0 Å². The first-order valence-corrected chi connectivity index (χ1v) is 4.96. The number of rotatable bonds is 1. The molecule has 1 rings (SSSR count). The van der Waals surface area contributed by atoms with Crippen LogP contribution < -0.4 is 0 Å². The summed E-state index contributed by atoms with van der Waals surface area (Å²) in [6.45, 7) is 7.09. The molecular weight excluding hydrogens is 223 g/mol. The first kappa shape index (κ1) is 7.83. The Morgan fingerprint density at radius 1 is 1.56 bits per heavy atom. The molecule has 0 spiro atoms. The van der Waals surface area contributed by atoms with Gasteiger partial charge in [-0.1, -0.05) is 43.4 Å². The minimum Gasteiger partial charge on any atom is -0.0820 e. The van der Waals surface area contributed by atoms with Gasteiger partial charge in [0.25, 0.3) is 0 Å². The van der Waals surface area contributed by atoms with Crippen LogP contribution in [0.25, 0.3) is 0 Å². The van der Waals surface area contributed by atoms with Crippen molar-refractivity contribution in [2.45, 2.75) is 37.5 Å². The zero-order valence-electron chi connectivity index (χ0n) is 6.45. The van der Waals surface area contributed by atoms with E-state index in [9.17, 15) is 0 Å². The van der Waals surface area contributed by atoms with Gasteiger partial charge in [0.15, 0.2) is 0 Å². The Morgan fingerprint density at radius 3 is 2.11 bits per heavy atom. The van der Waals surface area contributed by atoms with E-state index < -0.39 is 0 Å². The number of halogens is 1. The van der Waals surface area contributed by atoms with E-state index in [0.717, 1.165) is 9.84 Å². The predicted molar refractivity (Wildman–Crippen MR) is 50.0 cm³/mol. The Hall–Kier alpha value is 0.730. The van der Waals surface area contributed by atoms with Crippen molar-refractivity contribution >= 4 is 22.6 Å². The van der Waals surface area contributed by atoms with E-state index in [2.05, 4.69) is 43.4 Å². The highest BCUT2D eigenvalue weighted by Crippen LogP contribution is 2.50. The van der Waals surface area contributed by atoms with Crippen LogP contribution in [0, 0.1) is 11.3 Å². The van der Waals surface area contributed by atoms with Gasteiger partial charge in [-0.05, 0) is 24.2 Å². The molecule has 1 heteroatoms. The third-order valence-corrected chi connectivity index (χ3v) is 5.02. The van der Waals surface area contributed by atoms with Crippen molar-refractivity contribution in [1.82, 2.24) is 0 Å². The zero-order chi connectivity index (χ0) is 7.07. The van der Waals surface area contributed by atoms with E-state index in [-0.39, 0.29) is 0 Å². The van der Waals surface area contributed by atoms with Gasteiger partial charge in [0, 0.05) is 3.92 Å². The van der Waals surface area contributed by atoms with Crippen LogP contribution in [0.5, 0.6) is 0 Å². The maximum absolute atomic E-state index is 2.59. The predicted octanol–water partition coefficient (Wildman–Crippen LogP) is 3.25. The Balaban J connectivity index is 2.53. The van der Waals surface area contributed by atoms with Crippen molar-refractivity contribution < 1.29 is 0 Å². The first-order valence-electron chi connectivity index (χ1n) is 3.71. The molecule has 0 nitrogen and oxygen atoms in total. The van der Waals surface area contributed by atoms with Gasteiger partial charge < -0.3 is 0 Å². The van der Waals surface area contributed by atoms with Crippen LogP contribution in [-0.4, -0.2) is 3.92 Å². The fourth-order valence-electron chi connectivity index (χ4n) is 1.36. The van der Waals surface area contributed by atoms with E-state index >= 15 is 0 Å². The zero-order valence-corrected chi connectivity index (χ0v) is 8.60. The lowest BCUT2D eigenvalue weighted by atomic mass is 9.64. The molecule has 1 fully saturated rings. The lowest BCUT2D eigenvalue weighted by molar-refractivity contribution is 0.114.